The highest BCUT2D eigenvalue weighted by atomic mass is 32.2. The summed E-state index contributed by atoms with van der Waals surface area (Å²) in [6.07, 6.45) is 3.48. The average molecular weight is 366 g/mol. The molecule has 0 radical (unpaired) electrons. The third-order valence-corrected chi connectivity index (χ3v) is 6.37. The van der Waals surface area contributed by atoms with Gasteiger partial charge in [-0.2, -0.15) is 0 Å². The smallest absolute Gasteiger partial charge is 0.318 e. The minimum absolute atomic E-state index is 0.0437. The predicted octanol–water partition coefficient (Wildman–Crippen LogP) is 0.873. The third-order valence-electron chi connectivity index (χ3n) is 4.67. The van der Waals surface area contributed by atoms with Crippen molar-refractivity contribution in [1.82, 2.24) is 20.1 Å². The molecule has 138 valence electrons. The lowest BCUT2D eigenvalue weighted by Gasteiger charge is -2.44. The Balaban J connectivity index is 1.79. The van der Waals surface area contributed by atoms with Crippen molar-refractivity contribution in [2.24, 2.45) is 0 Å². The van der Waals surface area contributed by atoms with Crippen molar-refractivity contribution in [3.05, 3.63) is 30.1 Å². The van der Waals surface area contributed by atoms with Crippen LogP contribution in [-0.2, 0) is 16.4 Å². The van der Waals surface area contributed by atoms with Gasteiger partial charge in [-0.05, 0) is 38.5 Å². The Labute approximate surface area is 149 Å². The summed E-state index contributed by atoms with van der Waals surface area (Å²) in [5.41, 5.74) is 0.753. The SMILES string of the molecule is CC(C)(C)NC(=O)N1CCN(Cc2ccncc2)[C@@H]2CS(=O)(=O)C[C@@H]21. The van der Waals surface area contributed by atoms with E-state index in [-0.39, 0.29) is 35.2 Å². The number of hydrogen-bond acceptors (Lipinski definition) is 5. The van der Waals surface area contributed by atoms with Gasteiger partial charge in [-0.1, -0.05) is 0 Å². The number of amides is 2. The highest BCUT2D eigenvalue weighted by Gasteiger charge is 2.48. The Kier molecular flexibility index (Phi) is 4.76. The molecule has 2 aliphatic heterocycles. The molecule has 2 saturated heterocycles. The molecule has 25 heavy (non-hydrogen) atoms. The maximum absolute atomic E-state index is 12.6. The van der Waals surface area contributed by atoms with Crippen LogP contribution in [0.1, 0.15) is 26.3 Å². The lowest BCUT2D eigenvalue weighted by atomic mass is 10.0. The quantitative estimate of drug-likeness (QED) is 0.840. The molecule has 8 heteroatoms. The Morgan fingerprint density at radius 1 is 1.20 bits per heavy atom. The number of carbonyl (C=O) groups is 1. The highest BCUT2D eigenvalue weighted by molar-refractivity contribution is 7.91. The van der Waals surface area contributed by atoms with Gasteiger partial charge in [0.2, 0.25) is 0 Å². The highest BCUT2D eigenvalue weighted by Crippen LogP contribution is 2.28. The van der Waals surface area contributed by atoms with Gasteiger partial charge in [-0.25, -0.2) is 13.2 Å². The maximum atomic E-state index is 12.6. The topological polar surface area (TPSA) is 82.6 Å². The third kappa shape index (κ3) is 4.30. The van der Waals surface area contributed by atoms with E-state index in [0.29, 0.717) is 19.6 Å². The fourth-order valence-corrected chi connectivity index (χ4v) is 5.60. The first-order valence-corrected chi connectivity index (χ1v) is 10.4. The first-order chi connectivity index (χ1) is 11.6. The molecule has 0 aliphatic carbocycles. The van der Waals surface area contributed by atoms with Crippen molar-refractivity contribution in [1.29, 1.82) is 0 Å². The zero-order valence-electron chi connectivity index (χ0n) is 15.0. The van der Waals surface area contributed by atoms with Gasteiger partial charge in [0.1, 0.15) is 0 Å². The van der Waals surface area contributed by atoms with E-state index < -0.39 is 9.84 Å². The van der Waals surface area contributed by atoms with E-state index in [1.807, 2.05) is 32.9 Å². The molecule has 2 aliphatic rings. The molecule has 0 aromatic carbocycles. The van der Waals surface area contributed by atoms with Crippen molar-refractivity contribution in [2.75, 3.05) is 24.6 Å². The van der Waals surface area contributed by atoms with Gasteiger partial charge in [0.25, 0.3) is 0 Å². The second-order valence-electron chi connectivity index (χ2n) is 7.91. The van der Waals surface area contributed by atoms with Crippen molar-refractivity contribution in [3.8, 4) is 0 Å². The molecule has 0 unspecified atom stereocenters. The summed E-state index contributed by atoms with van der Waals surface area (Å²) < 4.78 is 24.5. The maximum Gasteiger partial charge on any atom is 0.318 e. The molecule has 1 N–H and O–H groups in total. The second-order valence-corrected chi connectivity index (χ2v) is 10.1. The van der Waals surface area contributed by atoms with Crippen LogP contribution in [0, 0.1) is 0 Å². The Bertz CT molecular complexity index is 730. The van der Waals surface area contributed by atoms with Gasteiger partial charge in [-0.15, -0.1) is 0 Å². The molecule has 2 amide bonds. The summed E-state index contributed by atoms with van der Waals surface area (Å²) in [5, 5.41) is 2.96. The van der Waals surface area contributed by atoms with E-state index in [0.717, 1.165) is 5.56 Å². The Morgan fingerprint density at radius 3 is 2.48 bits per heavy atom. The van der Waals surface area contributed by atoms with Crippen molar-refractivity contribution in [2.45, 2.75) is 44.9 Å². The molecule has 0 saturated carbocycles. The number of pyridine rings is 1. The Morgan fingerprint density at radius 2 is 1.84 bits per heavy atom. The molecule has 3 heterocycles. The van der Waals surface area contributed by atoms with Crippen molar-refractivity contribution >= 4 is 15.9 Å². The molecular formula is C17H26N4O3S. The molecule has 7 nitrogen and oxygen atoms in total. The summed E-state index contributed by atoms with van der Waals surface area (Å²) in [6.45, 7) is 7.64. The second kappa shape index (κ2) is 6.57. The minimum atomic E-state index is -3.14. The van der Waals surface area contributed by atoms with Gasteiger partial charge in [0.05, 0.1) is 17.5 Å². The van der Waals surface area contributed by atoms with Crippen LogP contribution in [0.5, 0.6) is 0 Å². The van der Waals surface area contributed by atoms with Gasteiger partial charge in [0, 0.05) is 43.6 Å². The van der Waals surface area contributed by atoms with Crippen LogP contribution < -0.4 is 5.32 Å². The van der Waals surface area contributed by atoms with E-state index in [1.165, 1.54) is 0 Å². The number of nitrogens with one attached hydrogen (secondary N) is 1. The van der Waals surface area contributed by atoms with Crippen molar-refractivity contribution in [3.63, 3.8) is 0 Å². The molecular weight excluding hydrogens is 340 g/mol. The number of carbonyl (C=O) groups excluding carboxylic acids is 1. The predicted molar refractivity (Wildman–Crippen MR) is 95.9 cm³/mol. The van der Waals surface area contributed by atoms with Gasteiger partial charge in [-0.3, -0.25) is 9.88 Å². The zero-order valence-corrected chi connectivity index (χ0v) is 15.8. The molecule has 0 bridgehead atoms. The first-order valence-electron chi connectivity index (χ1n) is 8.57. The van der Waals surface area contributed by atoms with Crippen LogP contribution in [-0.4, -0.2) is 71.5 Å². The lowest BCUT2D eigenvalue weighted by molar-refractivity contribution is 0.0585. The molecule has 2 fully saturated rings. The number of piperazine rings is 1. The van der Waals surface area contributed by atoms with Crippen LogP contribution in [0.15, 0.2) is 24.5 Å². The number of hydrogen-bond donors (Lipinski definition) is 1. The average Bonchev–Trinajstić information content (AvgIpc) is 2.82. The molecule has 2 atom stereocenters. The summed E-state index contributed by atoms with van der Waals surface area (Å²) in [4.78, 5) is 20.5. The Hall–Kier alpha value is -1.67. The molecule has 3 rings (SSSR count). The van der Waals surface area contributed by atoms with Crippen LogP contribution in [0.3, 0.4) is 0 Å². The number of urea groups is 1. The number of aromatic nitrogens is 1. The summed E-state index contributed by atoms with van der Waals surface area (Å²) in [5.74, 6) is 0.157. The number of rotatable bonds is 2. The molecule has 0 spiro atoms. The largest absolute Gasteiger partial charge is 0.333 e. The zero-order chi connectivity index (χ0) is 18.2. The van der Waals surface area contributed by atoms with E-state index in [4.69, 9.17) is 0 Å². The van der Waals surface area contributed by atoms with Gasteiger partial charge in [0.15, 0.2) is 9.84 Å². The monoisotopic (exact) mass is 366 g/mol. The van der Waals surface area contributed by atoms with E-state index >= 15 is 0 Å². The normalized spacial score (nSPS) is 26.3. The van der Waals surface area contributed by atoms with Crippen LogP contribution in [0.2, 0.25) is 0 Å². The van der Waals surface area contributed by atoms with Gasteiger partial charge < -0.3 is 10.2 Å². The summed E-state index contributed by atoms with van der Waals surface area (Å²) >= 11 is 0. The fourth-order valence-electron chi connectivity index (χ4n) is 3.59. The van der Waals surface area contributed by atoms with E-state index in [9.17, 15) is 13.2 Å². The molecule has 1 aromatic rings. The standard InChI is InChI=1S/C17H26N4O3S/c1-17(2,3)19-16(22)21-9-8-20(10-13-4-6-18-7-5-13)14-11-25(23,24)12-15(14)21/h4-7,14-15H,8-12H2,1-3H3,(H,19,22)/t14-,15+/m1/s1. The number of fused-ring (bicyclic) bond motifs is 1. The fraction of sp³-hybridized carbons (Fsp3) is 0.647. The number of sulfone groups is 1. The summed E-state index contributed by atoms with van der Waals surface area (Å²) in [6, 6.07) is 3.26. The van der Waals surface area contributed by atoms with Gasteiger partial charge >= 0.3 is 6.03 Å². The van der Waals surface area contributed by atoms with Crippen LogP contribution in [0.4, 0.5) is 4.79 Å². The summed E-state index contributed by atoms with van der Waals surface area (Å²) in [7, 11) is -3.14. The van der Waals surface area contributed by atoms with E-state index in [2.05, 4.69) is 15.2 Å². The first kappa shape index (κ1) is 18.1. The van der Waals surface area contributed by atoms with Crippen LogP contribution in [0.25, 0.3) is 0 Å². The lowest BCUT2D eigenvalue weighted by Crippen LogP contribution is -2.63. The molecule has 1 aromatic heterocycles. The van der Waals surface area contributed by atoms with Crippen molar-refractivity contribution < 1.29 is 13.2 Å². The van der Waals surface area contributed by atoms with E-state index in [1.54, 1.807) is 17.3 Å². The minimum Gasteiger partial charge on any atom is -0.333 e. The number of nitrogens with zero attached hydrogens (tertiary/aromatic N) is 3. The van der Waals surface area contributed by atoms with Crippen LogP contribution >= 0.6 is 0 Å².